The molecule has 43 heavy (non-hydrogen) atoms. The van der Waals surface area contributed by atoms with Crippen LogP contribution in [0.2, 0.25) is 0 Å². The zero-order valence-electron chi connectivity index (χ0n) is 23.2. The molecule has 230 valence electrons. The highest BCUT2D eigenvalue weighted by Crippen LogP contribution is 2.39. The lowest BCUT2D eigenvalue weighted by Crippen LogP contribution is -2.33. The number of halogens is 3. The smallest absolute Gasteiger partial charge is 0.459 e. The molecule has 0 radical (unpaired) electrons. The fraction of sp³-hybridized carbons (Fsp3) is 0.448. The second-order valence-corrected chi connectivity index (χ2v) is 15.3. The van der Waals surface area contributed by atoms with Gasteiger partial charge in [0, 0.05) is 29.5 Å². The topological polar surface area (TPSA) is 95.6 Å². The Labute approximate surface area is 255 Å². The first-order chi connectivity index (χ1) is 20.6. The summed E-state index contributed by atoms with van der Waals surface area (Å²) >= 11 is 2.80. The van der Waals surface area contributed by atoms with Crippen molar-refractivity contribution in [2.45, 2.75) is 49.0 Å². The van der Waals surface area contributed by atoms with E-state index in [4.69, 9.17) is 0 Å². The van der Waals surface area contributed by atoms with Gasteiger partial charge in [-0.3, -0.25) is 9.21 Å². The van der Waals surface area contributed by atoms with Crippen molar-refractivity contribution in [3.63, 3.8) is 0 Å². The van der Waals surface area contributed by atoms with E-state index in [1.165, 1.54) is 11.3 Å². The molecule has 1 saturated heterocycles. The third-order valence-electron chi connectivity index (χ3n) is 7.92. The average Bonchev–Trinajstić information content (AvgIpc) is 3.36. The van der Waals surface area contributed by atoms with Gasteiger partial charge in [0.05, 0.1) is 23.5 Å². The number of para-hydroxylation sites is 1. The van der Waals surface area contributed by atoms with Crippen molar-refractivity contribution in [3.05, 3.63) is 52.9 Å². The average molecular weight is 653 g/mol. The Kier molecular flexibility index (Phi) is 8.55. The SMILES string of the molecule is O=C(OCCC1CCN(Cc2cnc(-c3cc4cccc(N(CC5CC5)S(=O)(=O)c5cccs5)c4[nH]3)s2)CC1)C(F)(F)F. The fourth-order valence-corrected chi connectivity index (χ4v) is 8.99. The number of thiophene rings is 1. The molecule has 1 N–H and O–H groups in total. The number of H-pyrrole nitrogens is 1. The normalized spacial score (nSPS) is 17.0. The summed E-state index contributed by atoms with van der Waals surface area (Å²) in [5.74, 6) is -1.55. The number of fused-ring (bicyclic) bond motifs is 1. The highest BCUT2D eigenvalue weighted by molar-refractivity contribution is 7.94. The lowest BCUT2D eigenvalue weighted by Gasteiger charge is -2.31. The second kappa shape index (κ2) is 12.2. The van der Waals surface area contributed by atoms with Crippen molar-refractivity contribution >= 4 is 55.3 Å². The molecule has 2 aliphatic rings. The molecule has 1 aromatic carbocycles. The van der Waals surface area contributed by atoms with Crippen LogP contribution in [0.4, 0.5) is 18.9 Å². The number of ether oxygens (including phenoxy) is 1. The number of anilines is 1. The highest BCUT2D eigenvalue weighted by Gasteiger charge is 2.41. The number of alkyl halides is 3. The van der Waals surface area contributed by atoms with Crippen molar-refractivity contribution in [1.29, 1.82) is 0 Å². The first-order valence-corrected chi connectivity index (χ1v) is 17.3. The molecule has 2 fully saturated rings. The standard InChI is InChI=1S/C29H31F3N4O4S3/c30-29(31,32)28(37)40-13-10-19-8-11-35(12-9-19)18-22-16-33-27(42-22)23-15-21-3-1-4-24(26(21)34-23)36(17-20-6-7-20)43(38,39)25-5-2-14-41-25/h1-5,14-16,19-20,34H,6-13,17-18H2. The minimum absolute atomic E-state index is 0.217. The number of thiazole rings is 1. The van der Waals surface area contributed by atoms with E-state index in [1.54, 1.807) is 33.2 Å². The van der Waals surface area contributed by atoms with Crippen molar-refractivity contribution in [1.82, 2.24) is 14.9 Å². The summed E-state index contributed by atoms with van der Waals surface area (Å²) in [5.41, 5.74) is 2.22. The van der Waals surface area contributed by atoms with Crippen LogP contribution in [0.25, 0.3) is 21.6 Å². The molecule has 0 unspecified atom stereocenters. The van der Waals surface area contributed by atoms with Crippen LogP contribution < -0.4 is 4.31 Å². The van der Waals surface area contributed by atoms with Gasteiger partial charge in [-0.1, -0.05) is 18.2 Å². The summed E-state index contributed by atoms with van der Waals surface area (Å²) in [6.45, 7) is 2.55. The zero-order chi connectivity index (χ0) is 30.2. The van der Waals surface area contributed by atoms with Gasteiger partial charge in [-0.25, -0.2) is 18.2 Å². The quantitative estimate of drug-likeness (QED) is 0.182. The lowest BCUT2D eigenvalue weighted by atomic mass is 9.94. The molecule has 1 saturated carbocycles. The fourth-order valence-electron chi connectivity index (χ4n) is 5.40. The molecular weight excluding hydrogens is 622 g/mol. The number of carbonyl (C=O) groups is 1. The van der Waals surface area contributed by atoms with Crippen LogP contribution in [0.5, 0.6) is 0 Å². The maximum absolute atomic E-state index is 13.7. The number of carbonyl (C=O) groups excluding carboxylic acids is 1. The van der Waals surface area contributed by atoms with Crippen LogP contribution in [0, 0.1) is 11.8 Å². The van der Waals surface area contributed by atoms with Crippen LogP contribution in [-0.2, 0) is 26.1 Å². The molecule has 4 aromatic rings. The van der Waals surface area contributed by atoms with Gasteiger partial charge >= 0.3 is 12.1 Å². The number of hydrogen-bond acceptors (Lipinski definition) is 8. The number of nitrogens with one attached hydrogen (secondary N) is 1. The Morgan fingerprint density at radius 3 is 2.60 bits per heavy atom. The minimum atomic E-state index is -4.95. The zero-order valence-corrected chi connectivity index (χ0v) is 25.6. The monoisotopic (exact) mass is 652 g/mol. The van der Waals surface area contributed by atoms with Crippen LogP contribution in [0.15, 0.2) is 52.2 Å². The largest absolute Gasteiger partial charge is 0.490 e. The number of benzene rings is 1. The summed E-state index contributed by atoms with van der Waals surface area (Å²) in [4.78, 5) is 22.4. The van der Waals surface area contributed by atoms with E-state index in [2.05, 4.69) is 19.6 Å². The van der Waals surface area contributed by atoms with E-state index in [1.807, 2.05) is 30.5 Å². The maximum atomic E-state index is 13.7. The molecule has 6 rings (SSSR count). The Bertz CT molecular complexity index is 1670. The molecule has 0 amide bonds. The molecule has 1 aliphatic heterocycles. The van der Waals surface area contributed by atoms with Gasteiger partial charge in [-0.15, -0.1) is 22.7 Å². The molecule has 1 aliphatic carbocycles. The minimum Gasteiger partial charge on any atom is -0.459 e. The predicted molar refractivity (Wildman–Crippen MR) is 161 cm³/mol. The maximum Gasteiger partial charge on any atom is 0.490 e. The first kappa shape index (κ1) is 30.1. The predicted octanol–water partition coefficient (Wildman–Crippen LogP) is 6.67. The van der Waals surface area contributed by atoms with Crippen molar-refractivity contribution in [3.8, 4) is 10.7 Å². The van der Waals surface area contributed by atoms with Gasteiger partial charge in [0.15, 0.2) is 0 Å². The second-order valence-electron chi connectivity index (χ2n) is 11.1. The van der Waals surface area contributed by atoms with E-state index in [0.717, 1.165) is 65.3 Å². The highest BCUT2D eigenvalue weighted by atomic mass is 32.2. The van der Waals surface area contributed by atoms with Gasteiger partial charge in [-0.2, -0.15) is 13.2 Å². The number of esters is 1. The Hall–Kier alpha value is -2.94. The number of likely N-dealkylation sites (tertiary alicyclic amines) is 1. The van der Waals surface area contributed by atoms with Crippen LogP contribution in [-0.4, -0.2) is 61.7 Å². The molecule has 3 aromatic heterocycles. The van der Waals surface area contributed by atoms with Gasteiger partial charge in [0.1, 0.15) is 9.22 Å². The first-order valence-electron chi connectivity index (χ1n) is 14.2. The van der Waals surface area contributed by atoms with E-state index in [-0.39, 0.29) is 12.5 Å². The molecule has 0 spiro atoms. The van der Waals surface area contributed by atoms with Crippen molar-refractivity contribution in [2.75, 3.05) is 30.5 Å². The lowest BCUT2D eigenvalue weighted by molar-refractivity contribution is -0.200. The summed E-state index contributed by atoms with van der Waals surface area (Å²) in [6.07, 6.45) is 1.04. The third kappa shape index (κ3) is 6.92. The summed E-state index contributed by atoms with van der Waals surface area (Å²) in [6, 6.07) is 11.1. The van der Waals surface area contributed by atoms with E-state index < -0.39 is 22.2 Å². The molecular formula is C29H31F3N4O4S3. The number of sulfonamides is 1. The Morgan fingerprint density at radius 2 is 1.91 bits per heavy atom. The number of aromatic amines is 1. The number of aromatic nitrogens is 2. The summed E-state index contributed by atoms with van der Waals surface area (Å²) < 4.78 is 70.5. The molecule has 14 heteroatoms. The van der Waals surface area contributed by atoms with Gasteiger partial charge < -0.3 is 9.72 Å². The third-order valence-corrected chi connectivity index (χ3v) is 12.1. The number of piperidine rings is 1. The van der Waals surface area contributed by atoms with Gasteiger partial charge in [0.25, 0.3) is 10.0 Å². The van der Waals surface area contributed by atoms with Crippen LogP contribution in [0.1, 0.15) is 37.0 Å². The summed E-state index contributed by atoms with van der Waals surface area (Å²) in [7, 11) is -3.70. The van der Waals surface area contributed by atoms with E-state index in [9.17, 15) is 26.4 Å². The number of hydrogen-bond donors (Lipinski definition) is 1. The van der Waals surface area contributed by atoms with Crippen molar-refractivity contribution in [2.24, 2.45) is 11.8 Å². The molecule has 0 atom stereocenters. The van der Waals surface area contributed by atoms with Crippen molar-refractivity contribution < 1.29 is 31.1 Å². The van der Waals surface area contributed by atoms with Crippen LogP contribution in [0.3, 0.4) is 0 Å². The summed E-state index contributed by atoms with van der Waals surface area (Å²) in [5, 5.41) is 3.50. The van der Waals surface area contributed by atoms with Gasteiger partial charge in [-0.05, 0) is 80.6 Å². The molecule has 4 heterocycles. The molecule has 0 bridgehead atoms. The number of rotatable bonds is 11. The van der Waals surface area contributed by atoms with Crippen LogP contribution >= 0.6 is 22.7 Å². The number of nitrogens with zero attached hydrogens (tertiary/aromatic N) is 3. The Morgan fingerprint density at radius 1 is 1.12 bits per heavy atom. The van der Waals surface area contributed by atoms with Gasteiger partial charge in [0.2, 0.25) is 0 Å². The molecule has 8 nitrogen and oxygen atoms in total. The van der Waals surface area contributed by atoms with E-state index in [0.29, 0.717) is 35.3 Å². The Balaban J connectivity index is 1.11. The van der Waals surface area contributed by atoms with E-state index >= 15 is 0 Å².